The number of aliphatic carboxylic acids is 1. The van der Waals surface area contributed by atoms with Crippen LogP contribution in [-0.2, 0) is 14.3 Å². The normalized spacial score (nSPS) is 14.9. The van der Waals surface area contributed by atoms with Crippen LogP contribution in [0.5, 0.6) is 0 Å². The monoisotopic (exact) mass is 480 g/mol. The van der Waals surface area contributed by atoms with Crippen LogP contribution in [-0.4, -0.2) is 41.8 Å². The van der Waals surface area contributed by atoms with E-state index in [0.29, 0.717) is 0 Å². The summed E-state index contributed by atoms with van der Waals surface area (Å²) < 4.78 is 5.64. The zero-order valence-corrected chi connectivity index (χ0v) is 21.3. The van der Waals surface area contributed by atoms with Crippen molar-refractivity contribution in [1.82, 2.24) is 10.6 Å². The average Bonchev–Trinajstić information content (AvgIpc) is 3.08. The van der Waals surface area contributed by atoms with Gasteiger partial charge in [-0.15, -0.1) is 0 Å². The van der Waals surface area contributed by atoms with Gasteiger partial charge in [0.15, 0.2) is 0 Å². The predicted molar refractivity (Wildman–Crippen MR) is 135 cm³/mol. The second kappa shape index (κ2) is 10.1. The van der Waals surface area contributed by atoms with Crippen LogP contribution in [0, 0.1) is 10.8 Å². The SMILES string of the molecule is CC(C)(C)C(CC(=O)N[C@H](C(=O)O)C(C)(C)C)NC(=O)OCC1c2ccccc2-c2ccccc21. The summed E-state index contributed by atoms with van der Waals surface area (Å²) in [5.74, 6) is -1.60. The number of carboxylic acids is 1. The van der Waals surface area contributed by atoms with Crippen LogP contribution < -0.4 is 10.6 Å². The lowest BCUT2D eigenvalue weighted by Gasteiger charge is -2.32. The Bertz CT molecular complexity index is 1050. The number of fused-ring (bicyclic) bond motifs is 3. The molecule has 0 aromatic heterocycles. The maximum atomic E-state index is 12.8. The minimum absolute atomic E-state index is 0.0619. The van der Waals surface area contributed by atoms with Crippen molar-refractivity contribution in [2.45, 2.75) is 66.0 Å². The molecule has 0 spiro atoms. The van der Waals surface area contributed by atoms with Crippen LogP contribution in [0.3, 0.4) is 0 Å². The fraction of sp³-hybridized carbons (Fsp3) is 0.464. The minimum Gasteiger partial charge on any atom is -0.480 e. The number of ether oxygens (including phenoxy) is 1. The highest BCUT2D eigenvalue weighted by Crippen LogP contribution is 2.44. The van der Waals surface area contributed by atoms with E-state index in [0.717, 1.165) is 22.3 Å². The Balaban J connectivity index is 1.66. The molecule has 0 saturated carbocycles. The maximum Gasteiger partial charge on any atom is 0.407 e. The summed E-state index contributed by atoms with van der Waals surface area (Å²) in [6.45, 7) is 11.2. The van der Waals surface area contributed by atoms with Gasteiger partial charge in [0, 0.05) is 18.4 Å². The van der Waals surface area contributed by atoms with Crippen molar-refractivity contribution in [3.8, 4) is 11.1 Å². The number of benzene rings is 2. The molecule has 7 nitrogen and oxygen atoms in total. The number of carboxylic acid groups (broad SMARTS) is 1. The maximum absolute atomic E-state index is 12.8. The van der Waals surface area contributed by atoms with Gasteiger partial charge in [0.05, 0.1) is 0 Å². The number of alkyl carbamates (subject to hydrolysis) is 1. The lowest BCUT2D eigenvalue weighted by atomic mass is 9.83. The Kier molecular flexibility index (Phi) is 7.58. The van der Waals surface area contributed by atoms with Crippen molar-refractivity contribution in [2.24, 2.45) is 10.8 Å². The number of carbonyl (C=O) groups excluding carboxylic acids is 2. The molecule has 0 aliphatic heterocycles. The van der Waals surface area contributed by atoms with Gasteiger partial charge in [0.25, 0.3) is 0 Å². The van der Waals surface area contributed by atoms with Crippen molar-refractivity contribution < 1.29 is 24.2 Å². The van der Waals surface area contributed by atoms with Gasteiger partial charge >= 0.3 is 12.1 Å². The highest BCUT2D eigenvalue weighted by Gasteiger charge is 2.35. The Labute approximate surface area is 207 Å². The van der Waals surface area contributed by atoms with Crippen LogP contribution in [0.15, 0.2) is 48.5 Å². The van der Waals surface area contributed by atoms with E-state index in [-0.39, 0.29) is 18.9 Å². The summed E-state index contributed by atoms with van der Waals surface area (Å²) in [6.07, 6.45) is -0.668. The Morgan fingerprint density at radius 3 is 1.83 bits per heavy atom. The standard InChI is InChI=1S/C28H36N2O5/c1-27(2,3)22(15-23(31)30-24(25(32)33)28(4,5)6)29-26(34)35-16-21-19-13-9-7-11-17(19)18-12-8-10-14-20(18)21/h7-14,21-22,24H,15-16H2,1-6H3,(H,29,34)(H,30,31)(H,32,33)/t22?,24-/m1/s1. The Hall–Kier alpha value is -3.35. The minimum atomic E-state index is -1.09. The molecule has 0 saturated heterocycles. The number of hydrogen-bond donors (Lipinski definition) is 3. The Morgan fingerprint density at radius 2 is 1.37 bits per heavy atom. The molecule has 1 aliphatic carbocycles. The second-order valence-electron chi connectivity index (χ2n) is 11.3. The molecule has 3 rings (SSSR count). The molecule has 2 aromatic rings. The van der Waals surface area contributed by atoms with Gasteiger partial charge in [0.1, 0.15) is 12.6 Å². The highest BCUT2D eigenvalue weighted by atomic mass is 16.5. The quantitative estimate of drug-likeness (QED) is 0.520. The summed E-state index contributed by atoms with van der Waals surface area (Å²) >= 11 is 0. The molecule has 1 aliphatic rings. The van der Waals surface area contributed by atoms with Crippen molar-refractivity contribution in [3.63, 3.8) is 0 Å². The first-order valence-corrected chi connectivity index (χ1v) is 11.9. The molecule has 2 amide bonds. The smallest absolute Gasteiger partial charge is 0.407 e. The average molecular weight is 481 g/mol. The van der Waals surface area contributed by atoms with Gasteiger partial charge < -0.3 is 20.5 Å². The van der Waals surface area contributed by atoms with E-state index in [1.54, 1.807) is 20.8 Å². The van der Waals surface area contributed by atoms with E-state index in [9.17, 15) is 19.5 Å². The van der Waals surface area contributed by atoms with Gasteiger partial charge in [-0.2, -0.15) is 0 Å². The zero-order valence-electron chi connectivity index (χ0n) is 21.3. The van der Waals surface area contributed by atoms with E-state index in [4.69, 9.17) is 4.74 Å². The Morgan fingerprint density at radius 1 is 0.857 bits per heavy atom. The molecule has 188 valence electrons. The summed E-state index contributed by atoms with van der Waals surface area (Å²) in [7, 11) is 0. The summed E-state index contributed by atoms with van der Waals surface area (Å²) in [4.78, 5) is 37.1. The van der Waals surface area contributed by atoms with E-state index in [1.807, 2.05) is 45.0 Å². The fourth-order valence-corrected chi connectivity index (χ4v) is 4.41. The molecule has 0 fully saturated rings. The first kappa shape index (κ1) is 26.3. The van der Waals surface area contributed by atoms with Crippen LogP contribution in [0.25, 0.3) is 11.1 Å². The van der Waals surface area contributed by atoms with Gasteiger partial charge in [0.2, 0.25) is 5.91 Å². The number of nitrogens with one attached hydrogen (secondary N) is 2. The van der Waals surface area contributed by atoms with Crippen molar-refractivity contribution in [2.75, 3.05) is 6.61 Å². The second-order valence-corrected chi connectivity index (χ2v) is 11.3. The van der Waals surface area contributed by atoms with Crippen LogP contribution >= 0.6 is 0 Å². The van der Waals surface area contributed by atoms with Crippen molar-refractivity contribution in [1.29, 1.82) is 0 Å². The number of rotatable bonds is 7. The molecule has 0 radical (unpaired) electrons. The van der Waals surface area contributed by atoms with Crippen LogP contribution in [0.1, 0.15) is 65.0 Å². The van der Waals surface area contributed by atoms with E-state index in [1.165, 1.54) is 0 Å². The summed E-state index contributed by atoms with van der Waals surface area (Å²) in [5, 5.41) is 14.9. The summed E-state index contributed by atoms with van der Waals surface area (Å²) in [6, 6.07) is 14.6. The van der Waals surface area contributed by atoms with Gasteiger partial charge in [-0.3, -0.25) is 4.79 Å². The molecule has 35 heavy (non-hydrogen) atoms. The summed E-state index contributed by atoms with van der Waals surface area (Å²) in [5.41, 5.74) is 3.43. The molecule has 2 atom stereocenters. The number of hydrogen-bond acceptors (Lipinski definition) is 4. The molecular weight excluding hydrogens is 444 g/mol. The lowest BCUT2D eigenvalue weighted by Crippen LogP contribution is -2.52. The van der Waals surface area contributed by atoms with Crippen molar-refractivity contribution in [3.05, 3.63) is 59.7 Å². The van der Waals surface area contributed by atoms with Crippen molar-refractivity contribution >= 4 is 18.0 Å². The van der Waals surface area contributed by atoms with Gasteiger partial charge in [-0.25, -0.2) is 9.59 Å². The lowest BCUT2D eigenvalue weighted by molar-refractivity contribution is -0.145. The molecule has 1 unspecified atom stereocenters. The molecule has 3 N–H and O–H groups in total. The number of amides is 2. The van der Waals surface area contributed by atoms with Crippen LogP contribution in [0.2, 0.25) is 0 Å². The first-order valence-electron chi connectivity index (χ1n) is 11.9. The number of carbonyl (C=O) groups is 3. The third kappa shape index (κ3) is 6.21. The highest BCUT2D eigenvalue weighted by molar-refractivity contribution is 5.85. The van der Waals surface area contributed by atoms with E-state index >= 15 is 0 Å². The fourth-order valence-electron chi connectivity index (χ4n) is 4.41. The largest absolute Gasteiger partial charge is 0.480 e. The topological polar surface area (TPSA) is 105 Å². The van der Waals surface area contributed by atoms with Gasteiger partial charge in [-0.05, 0) is 33.1 Å². The third-order valence-corrected chi connectivity index (χ3v) is 6.49. The molecule has 2 aromatic carbocycles. The molecular formula is C28H36N2O5. The molecule has 0 bridgehead atoms. The zero-order chi connectivity index (χ0) is 26.0. The van der Waals surface area contributed by atoms with Gasteiger partial charge in [-0.1, -0.05) is 90.1 Å². The van der Waals surface area contributed by atoms with E-state index < -0.39 is 40.9 Å². The molecule has 0 heterocycles. The molecule has 7 heteroatoms. The van der Waals surface area contributed by atoms with E-state index in [2.05, 4.69) is 34.9 Å². The predicted octanol–water partition coefficient (Wildman–Crippen LogP) is 4.95. The van der Waals surface area contributed by atoms with Crippen LogP contribution in [0.4, 0.5) is 4.79 Å². The third-order valence-electron chi connectivity index (χ3n) is 6.49. The first-order chi connectivity index (χ1) is 16.3.